The number of ether oxygens (including phenoxy) is 1. The number of furan rings is 1. The van der Waals surface area contributed by atoms with Crippen molar-refractivity contribution in [2.75, 3.05) is 13.7 Å². The summed E-state index contributed by atoms with van der Waals surface area (Å²) in [6.45, 7) is 4.56. The molecule has 0 saturated carbocycles. The Balaban J connectivity index is 1.58. The molecule has 0 aliphatic carbocycles. The van der Waals surface area contributed by atoms with Gasteiger partial charge in [-0.2, -0.15) is 0 Å². The van der Waals surface area contributed by atoms with E-state index in [-0.39, 0.29) is 11.9 Å². The SMILES string of the molecule is CCc1ccccc1N=C1S/C(=C/c2ccc(-c3ccc(C(=O)OC)cc3)o2)C(=O)N1CC. The molecule has 2 aromatic carbocycles. The number of nitrogens with zero attached hydrogens (tertiary/aromatic N) is 2. The Labute approximate surface area is 197 Å². The number of methoxy groups -OCH3 is 1. The number of hydrogen-bond acceptors (Lipinski definition) is 6. The summed E-state index contributed by atoms with van der Waals surface area (Å²) in [5, 5.41) is 0.667. The number of aliphatic imine (C=N–C) groups is 1. The van der Waals surface area contributed by atoms with E-state index in [0.717, 1.165) is 23.2 Å². The number of thioether (sulfide) groups is 1. The molecule has 1 amide bonds. The van der Waals surface area contributed by atoms with E-state index in [4.69, 9.17) is 14.1 Å². The number of esters is 1. The molecule has 1 aliphatic heterocycles. The summed E-state index contributed by atoms with van der Waals surface area (Å²) >= 11 is 1.35. The largest absolute Gasteiger partial charge is 0.465 e. The van der Waals surface area contributed by atoms with Gasteiger partial charge in [0, 0.05) is 18.2 Å². The highest BCUT2D eigenvalue weighted by Crippen LogP contribution is 2.35. The summed E-state index contributed by atoms with van der Waals surface area (Å²) in [4.78, 5) is 31.6. The van der Waals surface area contributed by atoms with Crippen molar-refractivity contribution < 1.29 is 18.7 Å². The number of carbonyl (C=O) groups is 2. The van der Waals surface area contributed by atoms with Gasteiger partial charge in [-0.3, -0.25) is 9.69 Å². The number of likely N-dealkylation sites (N-methyl/N-ethyl adjacent to an activating group) is 1. The first-order valence-electron chi connectivity index (χ1n) is 10.7. The van der Waals surface area contributed by atoms with Gasteiger partial charge in [0.15, 0.2) is 5.17 Å². The molecule has 0 bridgehead atoms. The van der Waals surface area contributed by atoms with Crippen molar-refractivity contribution in [3.63, 3.8) is 0 Å². The molecule has 1 fully saturated rings. The van der Waals surface area contributed by atoms with Crippen molar-refractivity contribution in [3.05, 3.63) is 82.5 Å². The molecule has 0 spiro atoms. The lowest BCUT2D eigenvalue weighted by Gasteiger charge is -2.12. The number of rotatable bonds is 6. The van der Waals surface area contributed by atoms with E-state index in [2.05, 4.69) is 13.0 Å². The van der Waals surface area contributed by atoms with Crippen LogP contribution in [0.2, 0.25) is 0 Å². The molecule has 1 saturated heterocycles. The first kappa shape index (κ1) is 22.6. The number of amidine groups is 1. The molecule has 1 aliphatic rings. The molecule has 1 aromatic heterocycles. The van der Waals surface area contributed by atoms with Gasteiger partial charge in [0.05, 0.1) is 23.3 Å². The fraction of sp³-hybridized carbons (Fsp3) is 0.192. The van der Waals surface area contributed by atoms with Crippen molar-refractivity contribution in [1.82, 2.24) is 4.90 Å². The van der Waals surface area contributed by atoms with Crippen LogP contribution in [0.4, 0.5) is 5.69 Å². The van der Waals surface area contributed by atoms with E-state index in [9.17, 15) is 9.59 Å². The lowest BCUT2D eigenvalue weighted by atomic mass is 10.1. The zero-order chi connectivity index (χ0) is 23.4. The van der Waals surface area contributed by atoms with Crippen molar-refractivity contribution in [1.29, 1.82) is 0 Å². The van der Waals surface area contributed by atoms with Crippen molar-refractivity contribution in [2.45, 2.75) is 20.3 Å². The first-order valence-corrected chi connectivity index (χ1v) is 11.5. The molecule has 0 radical (unpaired) electrons. The third kappa shape index (κ3) is 4.78. The third-order valence-corrected chi connectivity index (χ3v) is 6.29. The van der Waals surface area contributed by atoms with Gasteiger partial charge >= 0.3 is 5.97 Å². The number of carbonyl (C=O) groups excluding carboxylic acids is 2. The van der Waals surface area contributed by atoms with Gasteiger partial charge in [0.25, 0.3) is 5.91 Å². The molecule has 0 unspecified atom stereocenters. The van der Waals surface area contributed by atoms with Crippen LogP contribution in [0, 0.1) is 0 Å². The second-order valence-corrected chi connectivity index (χ2v) is 8.32. The van der Waals surface area contributed by atoms with Gasteiger partial charge < -0.3 is 9.15 Å². The standard InChI is InChI=1S/C26H24N2O4S/c1-4-17-8-6-7-9-21(17)27-26-28(5-2)24(29)23(33-26)16-20-14-15-22(32-20)18-10-12-19(13-11-18)25(30)31-3/h6-16H,4-5H2,1-3H3/b23-16+,27-26?. The average Bonchev–Trinajstić information content (AvgIpc) is 3.43. The van der Waals surface area contributed by atoms with Crippen LogP contribution in [0.1, 0.15) is 35.5 Å². The summed E-state index contributed by atoms with van der Waals surface area (Å²) in [5.74, 6) is 0.745. The molecule has 33 heavy (non-hydrogen) atoms. The highest BCUT2D eigenvalue weighted by Gasteiger charge is 2.32. The van der Waals surface area contributed by atoms with Crippen LogP contribution in [-0.2, 0) is 16.0 Å². The second-order valence-electron chi connectivity index (χ2n) is 7.31. The zero-order valence-corrected chi connectivity index (χ0v) is 19.5. The minimum atomic E-state index is -0.386. The van der Waals surface area contributed by atoms with Crippen molar-refractivity contribution in [2.24, 2.45) is 4.99 Å². The average molecular weight is 461 g/mol. The molecule has 7 heteroatoms. The highest BCUT2D eigenvalue weighted by atomic mass is 32.2. The van der Waals surface area contributed by atoms with Gasteiger partial charge in [-0.05, 0) is 61.0 Å². The number of benzene rings is 2. The highest BCUT2D eigenvalue weighted by molar-refractivity contribution is 8.18. The minimum Gasteiger partial charge on any atom is -0.465 e. The number of para-hydroxylation sites is 1. The van der Waals surface area contributed by atoms with Gasteiger partial charge in [0.2, 0.25) is 0 Å². The van der Waals surface area contributed by atoms with Gasteiger partial charge in [0.1, 0.15) is 11.5 Å². The molecule has 0 atom stereocenters. The Morgan fingerprint density at radius 3 is 2.55 bits per heavy atom. The Kier molecular flexibility index (Phi) is 6.79. The fourth-order valence-electron chi connectivity index (χ4n) is 3.50. The summed E-state index contributed by atoms with van der Waals surface area (Å²) in [6.07, 6.45) is 2.62. The smallest absolute Gasteiger partial charge is 0.337 e. The van der Waals surface area contributed by atoms with Crippen LogP contribution >= 0.6 is 11.8 Å². The molecule has 2 heterocycles. The molecule has 6 nitrogen and oxygen atoms in total. The molecule has 3 aromatic rings. The predicted octanol–water partition coefficient (Wildman–Crippen LogP) is 5.92. The Morgan fingerprint density at radius 1 is 1.09 bits per heavy atom. The quantitative estimate of drug-likeness (QED) is 0.337. The lowest BCUT2D eigenvalue weighted by molar-refractivity contribution is -0.122. The third-order valence-electron chi connectivity index (χ3n) is 5.28. The van der Waals surface area contributed by atoms with Gasteiger partial charge in [-0.15, -0.1) is 0 Å². The van der Waals surface area contributed by atoms with Crippen molar-refractivity contribution >= 4 is 40.6 Å². The van der Waals surface area contributed by atoms with Crippen LogP contribution in [0.15, 0.2) is 75.0 Å². The van der Waals surface area contributed by atoms with E-state index in [1.807, 2.05) is 37.3 Å². The first-order chi connectivity index (χ1) is 16.0. The molecular weight excluding hydrogens is 436 g/mol. The van der Waals surface area contributed by atoms with E-state index in [0.29, 0.717) is 33.7 Å². The van der Waals surface area contributed by atoms with Gasteiger partial charge in [-0.25, -0.2) is 9.79 Å². The monoisotopic (exact) mass is 460 g/mol. The van der Waals surface area contributed by atoms with E-state index in [1.165, 1.54) is 18.9 Å². The molecule has 0 N–H and O–H groups in total. The number of amides is 1. The Bertz CT molecular complexity index is 1240. The predicted molar refractivity (Wildman–Crippen MR) is 131 cm³/mol. The van der Waals surface area contributed by atoms with Gasteiger partial charge in [-0.1, -0.05) is 37.3 Å². The van der Waals surface area contributed by atoms with Crippen LogP contribution in [-0.4, -0.2) is 35.6 Å². The fourth-order valence-corrected chi connectivity index (χ4v) is 4.53. The summed E-state index contributed by atoms with van der Waals surface area (Å²) in [6, 6.07) is 18.6. The summed E-state index contributed by atoms with van der Waals surface area (Å²) in [7, 11) is 1.35. The maximum Gasteiger partial charge on any atom is 0.337 e. The second kappa shape index (κ2) is 9.92. The van der Waals surface area contributed by atoms with Crippen LogP contribution in [0.25, 0.3) is 17.4 Å². The van der Waals surface area contributed by atoms with E-state index >= 15 is 0 Å². The molecule has 4 rings (SSSR count). The molecule has 168 valence electrons. The van der Waals surface area contributed by atoms with Crippen molar-refractivity contribution in [3.8, 4) is 11.3 Å². The normalized spacial score (nSPS) is 16.1. The van der Waals surface area contributed by atoms with E-state index in [1.54, 1.807) is 35.2 Å². The minimum absolute atomic E-state index is 0.0874. The molecular formula is C26H24N2O4S. The maximum atomic E-state index is 13.0. The summed E-state index contributed by atoms with van der Waals surface area (Å²) < 4.78 is 10.7. The van der Waals surface area contributed by atoms with Crippen LogP contribution in [0.3, 0.4) is 0 Å². The number of aryl methyl sites for hydroxylation is 1. The summed E-state index contributed by atoms with van der Waals surface area (Å²) in [5.41, 5.74) is 3.32. The number of hydrogen-bond donors (Lipinski definition) is 0. The zero-order valence-electron chi connectivity index (χ0n) is 18.7. The van der Waals surface area contributed by atoms with E-state index < -0.39 is 0 Å². The Hall–Kier alpha value is -3.58. The van der Waals surface area contributed by atoms with Crippen LogP contribution in [0.5, 0.6) is 0 Å². The lowest BCUT2D eigenvalue weighted by Crippen LogP contribution is -2.28. The topological polar surface area (TPSA) is 72.1 Å². The Morgan fingerprint density at radius 2 is 1.85 bits per heavy atom. The maximum absolute atomic E-state index is 13.0. The van der Waals surface area contributed by atoms with Crippen LogP contribution < -0.4 is 0 Å².